The zero-order valence-corrected chi connectivity index (χ0v) is 30.8. The summed E-state index contributed by atoms with van der Waals surface area (Å²) in [5, 5.41) is 15.9. The fraction of sp³-hybridized carbons (Fsp3) is 0.543. The second kappa shape index (κ2) is 27.7. The number of methoxy groups -OCH3 is 1. The van der Waals surface area contributed by atoms with Crippen molar-refractivity contribution in [3.63, 3.8) is 0 Å². The lowest BCUT2D eigenvalue weighted by atomic mass is 10.0. The van der Waals surface area contributed by atoms with Crippen LogP contribution in [0.3, 0.4) is 0 Å². The largest absolute Gasteiger partial charge is 0.385 e. The van der Waals surface area contributed by atoms with E-state index in [1.807, 2.05) is 64.1 Å². The van der Waals surface area contributed by atoms with Gasteiger partial charge in [0.1, 0.15) is 0 Å². The Hall–Kier alpha value is -2.88. The van der Waals surface area contributed by atoms with Gasteiger partial charge in [0, 0.05) is 32.7 Å². The highest BCUT2D eigenvalue weighted by molar-refractivity contribution is 7.80. The van der Waals surface area contributed by atoms with Gasteiger partial charge in [-0.2, -0.15) is 10.2 Å². The first-order chi connectivity index (χ1) is 20.9. The molecule has 1 atom stereocenters. The van der Waals surface area contributed by atoms with Crippen molar-refractivity contribution in [2.24, 2.45) is 21.5 Å². The summed E-state index contributed by atoms with van der Waals surface area (Å²) in [6.07, 6.45) is 2.75. The van der Waals surface area contributed by atoms with Crippen molar-refractivity contribution in [2.45, 2.75) is 88.5 Å². The first kappa shape index (κ1) is 43.2. The minimum atomic E-state index is 0.306. The molecule has 44 heavy (non-hydrogen) atoms. The number of hydrazone groups is 2. The molecule has 0 aliphatic heterocycles. The van der Waals surface area contributed by atoms with Crippen LogP contribution in [-0.2, 0) is 4.74 Å². The predicted molar refractivity (Wildman–Crippen MR) is 202 cm³/mol. The highest BCUT2D eigenvalue weighted by atomic mass is 32.1. The maximum atomic E-state index is 5.18. The van der Waals surface area contributed by atoms with Crippen molar-refractivity contribution >= 4 is 46.1 Å². The third-order valence-corrected chi connectivity index (χ3v) is 5.68. The van der Waals surface area contributed by atoms with Crippen molar-refractivity contribution in [1.29, 1.82) is 0 Å². The summed E-state index contributed by atoms with van der Waals surface area (Å²) in [6, 6.07) is 20.5. The number of ether oxygens (including phenoxy) is 1. The molecule has 248 valence electrons. The molecule has 1 aliphatic carbocycles. The van der Waals surface area contributed by atoms with E-state index in [1.54, 1.807) is 7.11 Å². The molecule has 1 saturated carbocycles. The van der Waals surface area contributed by atoms with E-state index >= 15 is 0 Å². The lowest BCUT2D eigenvalue weighted by molar-refractivity contribution is 0.186. The van der Waals surface area contributed by atoms with E-state index in [0.717, 1.165) is 43.8 Å². The summed E-state index contributed by atoms with van der Waals surface area (Å²) in [6.45, 7) is 23.1. The van der Waals surface area contributed by atoms with Gasteiger partial charge in [0.25, 0.3) is 0 Å². The van der Waals surface area contributed by atoms with Crippen LogP contribution in [0.4, 0.5) is 0 Å². The van der Waals surface area contributed by atoms with E-state index in [9.17, 15) is 0 Å². The lowest BCUT2D eigenvalue weighted by Gasteiger charge is -2.12. The van der Waals surface area contributed by atoms with Crippen LogP contribution in [0.5, 0.6) is 0 Å². The molecule has 7 nitrogen and oxygen atoms in total. The number of nitrogens with one attached hydrogen (secondary N) is 4. The van der Waals surface area contributed by atoms with E-state index in [2.05, 4.69) is 97.5 Å². The Kier molecular flexibility index (Phi) is 27.2. The Morgan fingerprint density at radius 2 is 1.20 bits per heavy atom. The standard InChI is InChI=1S/C14H26N6OS2.2C7H8.C5H12.C2H6/c1-4-15-13(22)19-17-11-7-6-10(8-9-21-3)12(11)18-20-14(23)16-5-2;2*1-7-5-3-2-4-6-7;1-5(2,3)4;1-2/h10H,4-9H2,1-3H3,(H2,15,19,22)(H2,16,20,23);2*2-6H,1H3;1-4H3;1-2H3/b17-11+,18-12+;;;;. The van der Waals surface area contributed by atoms with Gasteiger partial charge < -0.3 is 15.4 Å². The van der Waals surface area contributed by atoms with Crippen LogP contribution in [-0.4, -0.2) is 48.5 Å². The smallest absolute Gasteiger partial charge is 0.186 e. The molecule has 3 rings (SSSR count). The number of benzene rings is 2. The van der Waals surface area contributed by atoms with Crippen LogP contribution in [0.1, 0.15) is 85.8 Å². The highest BCUT2D eigenvalue weighted by Gasteiger charge is 2.29. The summed E-state index contributed by atoms with van der Waals surface area (Å²) in [5.41, 5.74) is 10.7. The molecular weight excluding hydrogens is 585 g/mol. The summed E-state index contributed by atoms with van der Waals surface area (Å²) < 4.78 is 5.18. The van der Waals surface area contributed by atoms with Gasteiger partial charge in [-0.15, -0.1) is 0 Å². The van der Waals surface area contributed by atoms with Crippen molar-refractivity contribution in [3.8, 4) is 0 Å². The molecule has 2 aromatic carbocycles. The first-order valence-electron chi connectivity index (χ1n) is 15.7. The average molecular weight is 645 g/mol. The van der Waals surface area contributed by atoms with E-state index in [0.29, 0.717) is 28.2 Å². The van der Waals surface area contributed by atoms with Gasteiger partial charge in [0.2, 0.25) is 0 Å². The fourth-order valence-corrected chi connectivity index (χ4v) is 3.70. The van der Waals surface area contributed by atoms with E-state index in [4.69, 9.17) is 29.2 Å². The molecule has 0 spiro atoms. The molecule has 2 aromatic rings. The van der Waals surface area contributed by atoms with Gasteiger partial charge in [-0.25, -0.2) is 0 Å². The topological polar surface area (TPSA) is 82.1 Å². The van der Waals surface area contributed by atoms with Gasteiger partial charge in [0.05, 0.1) is 11.4 Å². The predicted octanol–water partition coefficient (Wildman–Crippen LogP) is 8.18. The fourth-order valence-electron chi connectivity index (χ4n) is 3.32. The van der Waals surface area contributed by atoms with Crippen LogP contribution >= 0.6 is 24.4 Å². The van der Waals surface area contributed by atoms with Crippen molar-refractivity contribution in [3.05, 3.63) is 71.8 Å². The number of thiocarbonyl (C=S) groups is 2. The normalized spacial score (nSPS) is 15.0. The third-order valence-electron chi connectivity index (χ3n) is 5.21. The Morgan fingerprint density at radius 3 is 1.55 bits per heavy atom. The summed E-state index contributed by atoms with van der Waals surface area (Å²) in [7, 11) is 1.70. The Balaban J connectivity index is 0. The second-order valence-corrected chi connectivity index (χ2v) is 12.1. The highest BCUT2D eigenvalue weighted by Crippen LogP contribution is 2.24. The van der Waals surface area contributed by atoms with E-state index in [-0.39, 0.29) is 0 Å². The number of hydrogen-bond donors (Lipinski definition) is 4. The number of hydrogen-bond acceptors (Lipinski definition) is 5. The Morgan fingerprint density at radius 1 is 0.795 bits per heavy atom. The summed E-state index contributed by atoms with van der Waals surface area (Å²) in [4.78, 5) is 0. The van der Waals surface area contributed by atoms with Crippen LogP contribution in [0, 0.1) is 25.2 Å². The van der Waals surface area contributed by atoms with Crippen molar-refractivity contribution < 1.29 is 4.74 Å². The zero-order chi connectivity index (χ0) is 33.8. The third kappa shape index (κ3) is 26.7. The molecule has 4 N–H and O–H groups in total. The maximum absolute atomic E-state index is 5.18. The quantitative estimate of drug-likeness (QED) is 0.179. The van der Waals surface area contributed by atoms with Crippen molar-refractivity contribution in [2.75, 3.05) is 26.8 Å². The molecule has 0 radical (unpaired) electrons. The molecule has 9 heteroatoms. The first-order valence-corrected chi connectivity index (χ1v) is 16.5. The molecule has 0 aromatic heterocycles. The van der Waals surface area contributed by atoms with Crippen molar-refractivity contribution in [1.82, 2.24) is 21.5 Å². The molecule has 0 heterocycles. The maximum Gasteiger partial charge on any atom is 0.186 e. The van der Waals surface area contributed by atoms with Gasteiger partial charge in [-0.3, -0.25) is 10.9 Å². The van der Waals surface area contributed by atoms with E-state index < -0.39 is 0 Å². The zero-order valence-electron chi connectivity index (χ0n) is 29.2. The number of aryl methyl sites for hydroxylation is 2. The molecule has 0 amide bonds. The lowest BCUT2D eigenvalue weighted by Crippen LogP contribution is -2.35. The van der Waals surface area contributed by atoms with Crippen LogP contribution in [0.25, 0.3) is 0 Å². The molecule has 1 fully saturated rings. The minimum absolute atomic E-state index is 0.306. The molecular formula is C35H60N6OS2. The molecule has 1 unspecified atom stereocenters. The SMILES string of the molecule is CC.CC(C)(C)C.CCNC(=S)N/N=C1\CCC(CCOC)\C1=N/NC(=S)NCC.Cc1ccccc1.Cc1ccccc1. The number of rotatable bonds is 7. The van der Waals surface area contributed by atoms with Gasteiger partial charge in [-0.05, 0) is 76.8 Å². The second-order valence-electron chi connectivity index (χ2n) is 11.3. The van der Waals surface area contributed by atoms with Gasteiger partial charge >= 0.3 is 0 Å². The minimum Gasteiger partial charge on any atom is -0.385 e. The van der Waals surface area contributed by atoms with E-state index in [1.165, 1.54) is 11.1 Å². The summed E-state index contributed by atoms with van der Waals surface area (Å²) in [5.74, 6) is 0.306. The van der Waals surface area contributed by atoms with Gasteiger partial charge in [0.15, 0.2) is 10.2 Å². The molecule has 0 saturated heterocycles. The Labute approximate surface area is 280 Å². The average Bonchev–Trinajstić information content (AvgIpc) is 3.37. The monoisotopic (exact) mass is 644 g/mol. The van der Waals surface area contributed by atoms with Gasteiger partial charge in [-0.1, -0.05) is 113 Å². The van der Waals surface area contributed by atoms with Crippen LogP contribution in [0.15, 0.2) is 70.9 Å². The molecule has 0 bridgehead atoms. The number of nitrogens with zero attached hydrogens (tertiary/aromatic N) is 2. The van der Waals surface area contributed by atoms with Crippen LogP contribution in [0.2, 0.25) is 0 Å². The Bertz CT molecular complexity index is 1010. The summed E-state index contributed by atoms with van der Waals surface area (Å²) >= 11 is 10.3. The molecule has 1 aliphatic rings. The van der Waals surface area contributed by atoms with Crippen LogP contribution < -0.4 is 21.5 Å².